The van der Waals surface area contributed by atoms with Crippen LogP contribution in [0.25, 0.3) is 0 Å². The molecule has 8 nitrogen and oxygen atoms in total. The van der Waals surface area contributed by atoms with Crippen molar-refractivity contribution in [3.63, 3.8) is 0 Å². The molecule has 1 aliphatic heterocycles. The molecule has 1 saturated heterocycles. The first-order valence-electron chi connectivity index (χ1n) is 7.23. The van der Waals surface area contributed by atoms with Gasteiger partial charge in [0, 0.05) is 32.8 Å². The van der Waals surface area contributed by atoms with Crippen molar-refractivity contribution in [2.45, 2.75) is 26.3 Å². The van der Waals surface area contributed by atoms with Gasteiger partial charge < -0.3 is 15.7 Å². The number of rotatable bonds is 8. The Bertz CT molecular complexity index is 433. The van der Waals surface area contributed by atoms with E-state index >= 15 is 0 Å². The molecule has 1 rings (SSSR count). The van der Waals surface area contributed by atoms with Crippen molar-refractivity contribution in [1.82, 2.24) is 9.21 Å². The maximum absolute atomic E-state index is 12.1. The fraction of sp³-hybridized carbons (Fsp3) is 0.917. The van der Waals surface area contributed by atoms with Gasteiger partial charge in [-0.25, -0.2) is 8.42 Å². The highest BCUT2D eigenvalue weighted by Crippen LogP contribution is 2.13. The molecule has 0 saturated carbocycles. The van der Waals surface area contributed by atoms with Gasteiger partial charge in [0.2, 0.25) is 10.0 Å². The van der Waals surface area contributed by atoms with Crippen LogP contribution in [0.15, 0.2) is 5.16 Å². The molecule has 1 atom stereocenters. The van der Waals surface area contributed by atoms with E-state index in [1.54, 1.807) is 0 Å². The normalized spacial score (nSPS) is 20.6. The van der Waals surface area contributed by atoms with Crippen LogP contribution in [0.2, 0.25) is 0 Å². The van der Waals surface area contributed by atoms with E-state index in [9.17, 15) is 8.42 Å². The van der Waals surface area contributed by atoms with Crippen LogP contribution in [0.4, 0.5) is 0 Å². The van der Waals surface area contributed by atoms with Crippen LogP contribution < -0.4 is 5.73 Å². The average Bonchev–Trinajstić information content (AvgIpc) is 2.48. The summed E-state index contributed by atoms with van der Waals surface area (Å²) >= 11 is 0. The Morgan fingerprint density at radius 2 is 1.95 bits per heavy atom. The van der Waals surface area contributed by atoms with E-state index in [-0.39, 0.29) is 24.2 Å². The summed E-state index contributed by atoms with van der Waals surface area (Å²) in [6, 6.07) is -0.150. The topological polar surface area (TPSA) is 108 Å². The highest BCUT2D eigenvalue weighted by Gasteiger charge is 2.30. The van der Waals surface area contributed by atoms with Gasteiger partial charge in [-0.05, 0) is 13.3 Å². The summed E-state index contributed by atoms with van der Waals surface area (Å²) in [5.41, 5.74) is 5.67. The standard InChI is InChI=1S/C12H26N4O4S/c1-3-11(12(13)14-17)15-5-7-16(8-6-15)21(18,19)10-9-20-4-2/h11,17H,3-10H2,1-2H3,(H2,13,14). The molecule has 0 aromatic carbocycles. The first-order chi connectivity index (χ1) is 9.96. The van der Waals surface area contributed by atoms with Crippen LogP contribution in [0.3, 0.4) is 0 Å². The molecule has 0 bridgehead atoms. The number of oxime groups is 1. The van der Waals surface area contributed by atoms with Crippen molar-refractivity contribution in [2.75, 3.05) is 45.1 Å². The van der Waals surface area contributed by atoms with Gasteiger partial charge in [-0.15, -0.1) is 0 Å². The molecule has 9 heteroatoms. The SMILES string of the molecule is CCOCCS(=O)(=O)N1CCN(C(CC)C(N)=NO)CC1. The number of amidine groups is 1. The zero-order valence-corrected chi connectivity index (χ0v) is 13.5. The van der Waals surface area contributed by atoms with Gasteiger partial charge in [-0.2, -0.15) is 4.31 Å². The number of sulfonamides is 1. The van der Waals surface area contributed by atoms with E-state index in [1.807, 2.05) is 18.7 Å². The van der Waals surface area contributed by atoms with Crippen molar-refractivity contribution in [3.8, 4) is 0 Å². The quantitative estimate of drug-likeness (QED) is 0.205. The summed E-state index contributed by atoms with van der Waals surface area (Å²) in [4.78, 5) is 2.05. The molecule has 124 valence electrons. The Morgan fingerprint density at radius 1 is 1.33 bits per heavy atom. The van der Waals surface area contributed by atoms with Crippen LogP contribution in [-0.4, -0.2) is 79.9 Å². The zero-order chi connectivity index (χ0) is 15.9. The minimum atomic E-state index is -3.27. The Labute approximate surface area is 126 Å². The Hall–Kier alpha value is -0.900. The molecular formula is C12H26N4O4S. The molecule has 21 heavy (non-hydrogen) atoms. The summed E-state index contributed by atoms with van der Waals surface area (Å²) in [5, 5.41) is 11.8. The molecule has 1 aliphatic rings. The van der Waals surface area contributed by atoms with Gasteiger partial charge in [0.15, 0.2) is 5.84 Å². The predicted octanol–water partition coefficient (Wildman–Crippen LogP) is -0.505. The summed E-state index contributed by atoms with van der Waals surface area (Å²) in [5.74, 6) is 0.184. The largest absolute Gasteiger partial charge is 0.409 e. The molecule has 0 aromatic heterocycles. The fourth-order valence-electron chi connectivity index (χ4n) is 2.45. The molecule has 0 aliphatic carbocycles. The predicted molar refractivity (Wildman–Crippen MR) is 80.9 cm³/mol. The second-order valence-electron chi connectivity index (χ2n) is 4.90. The van der Waals surface area contributed by atoms with Crippen LogP contribution in [0.1, 0.15) is 20.3 Å². The molecule has 0 aromatic rings. The van der Waals surface area contributed by atoms with E-state index in [4.69, 9.17) is 15.7 Å². The second-order valence-corrected chi connectivity index (χ2v) is 6.99. The van der Waals surface area contributed by atoms with E-state index in [2.05, 4.69) is 5.16 Å². The first kappa shape index (κ1) is 18.1. The summed E-state index contributed by atoms with van der Waals surface area (Å²) in [7, 11) is -3.27. The Morgan fingerprint density at radius 3 is 2.43 bits per heavy atom. The third-order valence-corrected chi connectivity index (χ3v) is 5.48. The minimum absolute atomic E-state index is 0.0122. The van der Waals surface area contributed by atoms with Gasteiger partial charge in [-0.1, -0.05) is 12.1 Å². The van der Waals surface area contributed by atoms with Gasteiger partial charge in [-0.3, -0.25) is 4.90 Å². The van der Waals surface area contributed by atoms with Crippen LogP contribution in [0, 0.1) is 0 Å². The number of piperazine rings is 1. The molecule has 0 amide bonds. The van der Waals surface area contributed by atoms with Crippen molar-refractivity contribution in [2.24, 2.45) is 10.9 Å². The molecule has 1 fully saturated rings. The van der Waals surface area contributed by atoms with Gasteiger partial charge in [0.1, 0.15) is 0 Å². The molecule has 0 spiro atoms. The zero-order valence-electron chi connectivity index (χ0n) is 12.7. The van der Waals surface area contributed by atoms with E-state index < -0.39 is 10.0 Å². The molecule has 1 heterocycles. The second kappa shape index (κ2) is 8.52. The number of hydrogen-bond donors (Lipinski definition) is 2. The summed E-state index contributed by atoms with van der Waals surface area (Å²) < 4.78 is 30.9. The third-order valence-electron chi connectivity index (χ3n) is 3.64. The minimum Gasteiger partial charge on any atom is -0.409 e. The lowest BCUT2D eigenvalue weighted by Gasteiger charge is -2.37. The lowest BCUT2D eigenvalue weighted by Crippen LogP contribution is -2.55. The molecule has 0 radical (unpaired) electrons. The number of nitrogens with two attached hydrogens (primary N) is 1. The number of hydrogen-bond acceptors (Lipinski definition) is 6. The van der Waals surface area contributed by atoms with Crippen LogP contribution >= 0.6 is 0 Å². The van der Waals surface area contributed by atoms with Crippen LogP contribution in [0.5, 0.6) is 0 Å². The monoisotopic (exact) mass is 322 g/mol. The highest BCUT2D eigenvalue weighted by molar-refractivity contribution is 7.89. The van der Waals surface area contributed by atoms with Crippen molar-refractivity contribution in [1.29, 1.82) is 0 Å². The maximum atomic E-state index is 12.1. The smallest absolute Gasteiger partial charge is 0.216 e. The lowest BCUT2D eigenvalue weighted by atomic mass is 10.1. The van der Waals surface area contributed by atoms with Crippen LogP contribution in [-0.2, 0) is 14.8 Å². The highest BCUT2D eigenvalue weighted by atomic mass is 32.2. The van der Waals surface area contributed by atoms with Gasteiger partial charge in [0.05, 0.1) is 18.4 Å². The van der Waals surface area contributed by atoms with Crippen molar-refractivity contribution < 1.29 is 18.4 Å². The summed E-state index contributed by atoms with van der Waals surface area (Å²) in [6.45, 7) is 6.51. The van der Waals surface area contributed by atoms with E-state index in [1.165, 1.54) is 4.31 Å². The van der Waals surface area contributed by atoms with E-state index in [0.717, 1.165) is 0 Å². The first-order valence-corrected chi connectivity index (χ1v) is 8.84. The van der Waals surface area contributed by atoms with Crippen molar-refractivity contribution in [3.05, 3.63) is 0 Å². The van der Waals surface area contributed by atoms with Gasteiger partial charge in [0.25, 0.3) is 0 Å². The third kappa shape index (κ3) is 5.10. The molecule has 3 N–H and O–H groups in total. The Balaban J connectivity index is 2.55. The summed E-state index contributed by atoms with van der Waals surface area (Å²) in [6.07, 6.45) is 0.715. The number of ether oxygens (including phenoxy) is 1. The molecule has 1 unspecified atom stereocenters. The maximum Gasteiger partial charge on any atom is 0.216 e. The van der Waals surface area contributed by atoms with Gasteiger partial charge >= 0.3 is 0 Å². The van der Waals surface area contributed by atoms with E-state index in [0.29, 0.717) is 39.2 Å². The average molecular weight is 322 g/mol. The Kier molecular flexibility index (Phi) is 7.36. The molecular weight excluding hydrogens is 296 g/mol. The fourth-order valence-corrected chi connectivity index (χ4v) is 3.76. The lowest BCUT2D eigenvalue weighted by molar-refractivity contribution is 0.152. The number of nitrogens with zero attached hydrogens (tertiary/aromatic N) is 3. The van der Waals surface area contributed by atoms with Crippen molar-refractivity contribution >= 4 is 15.9 Å².